The minimum absolute atomic E-state index is 0.0557. The Morgan fingerprint density at radius 3 is 2.67 bits per heavy atom. The number of nitrogen functional groups attached to an aromatic ring is 1. The average molecular weight is 250 g/mol. The van der Waals surface area contributed by atoms with Crippen LogP contribution in [-0.2, 0) is 0 Å². The molecule has 0 unspecified atom stereocenters. The van der Waals surface area contributed by atoms with Crippen LogP contribution < -0.4 is 10.5 Å². The maximum atomic E-state index is 12.3. The van der Waals surface area contributed by atoms with Crippen LogP contribution in [0, 0.1) is 5.92 Å². The Hall–Kier alpha value is -1.71. The molecule has 0 bridgehead atoms. The van der Waals surface area contributed by atoms with Gasteiger partial charge in [0.05, 0.1) is 12.7 Å². The number of nitrogens with two attached hydrogens (primary N) is 1. The second-order valence-electron chi connectivity index (χ2n) is 4.87. The summed E-state index contributed by atoms with van der Waals surface area (Å²) >= 11 is 0. The van der Waals surface area contributed by atoms with E-state index in [1.807, 2.05) is 0 Å². The lowest BCUT2D eigenvalue weighted by molar-refractivity contribution is 0.0786. The van der Waals surface area contributed by atoms with Crippen molar-refractivity contribution in [2.24, 2.45) is 5.92 Å². The Bertz CT molecular complexity index is 416. The molecule has 4 nitrogen and oxygen atoms in total. The molecular formula is C14H22N2O2. The molecule has 0 heterocycles. The first kappa shape index (κ1) is 14.4. The summed E-state index contributed by atoms with van der Waals surface area (Å²) in [5.41, 5.74) is 6.80. The Morgan fingerprint density at radius 2 is 2.11 bits per heavy atom. The van der Waals surface area contributed by atoms with Crippen molar-refractivity contribution in [2.75, 3.05) is 26.4 Å². The molecule has 0 saturated heterocycles. The van der Waals surface area contributed by atoms with E-state index in [1.54, 1.807) is 37.3 Å². The van der Waals surface area contributed by atoms with Gasteiger partial charge in [-0.15, -0.1) is 0 Å². The van der Waals surface area contributed by atoms with Crippen LogP contribution in [0.1, 0.15) is 30.6 Å². The highest BCUT2D eigenvalue weighted by molar-refractivity contribution is 5.97. The molecule has 2 N–H and O–H groups in total. The van der Waals surface area contributed by atoms with Crippen LogP contribution in [0.2, 0.25) is 0 Å². The normalized spacial score (nSPS) is 10.5. The summed E-state index contributed by atoms with van der Waals surface area (Å²) in [7, 11) is 3.35. The zero-order valence-electron chi connectivity index (χ0n) is 11.6. The lowest BCUT2D eigenvalue weighted by atomic mass is 10.1. The fourth-order valence-electron chi connectivity index (χ4n) is 1.65. The molecule has 1 aromatic rings. The summed E-state index contributed by atoms with van der Waals surface area (Å²) in [6, 6.07) is 5.11. The molecule has 0 radical (unpaired) electrons. The molecule has 1 amide bonds. The number of hydrogen-bond donors (Lipinski definition) is 1. The number of rotatable bonds is 5. The molecule has 18 heavy (non-hydrogen) atoms. The van der Waals surface area contributed by atoms with Gasteiger partial charge in [-0.3, -0.25) is 4.79 Å². The van der Waals surface area contributed by atoms with Gasteiger partial charge < -0.3 is 15.4 Å². The van der Waals surface area contributed by atoms with Gasteiger partial charge in [-0.1, -0.05) is 13.8 Å². The summed E-state index contributed by atoms with van der Waals surface area (Å²) in [5, 5.41) is 0. The van der Waals surface area contributed by atoms with Crippen LogP contribution in [0.15, 0.2) is 18.2 Å². The Kier molecular flexibility index (Phi) is 5.01. The van der Waals surface area contributed by atoms with E-state index in [9.17, 15) is 4.79 Å². The number of anilines is 1. The summed E-state index contributed by atoms with van der Waals surface area (Å²) in [6.07, 6.45) is 0.979. The highest BCUT2D eigenvalue weighted by Gasteiger charge is 2.16. The van der Waals surface area contributed by atoms with E-state index < -0.39 is 0 Å². The number of carbonyl (C=O) groups excluding carboxylic acids is 1. The third-order valence-electron chi connectivity index (χ3n) is 2.84. The lowest BCUT2D eigenvalue weighted by Gasteiger charge is -2.19. The number of carbonyl (C=O) groups is 1. The van der Waals surface area contributed by atoms with E-state index in [4.69, 9.17) is 10.5 Å². The average Bonchev–Trinajstić information content (AvgIpc) is 2.34. The minimum atomic E-state index is -0.0557. The second kappa shape index (κ2) is 6.28. The van der Waals surface area contributed by atoms with E-state index in [1.165, 1.54) is 0 Å². The first-order valence-electron chi connectivity index (χ1n) is 6.14. The zero-order valence-corrected chi connectivity index (χ0v) is 11.6. The van der Waals surface area contributed by atoms with Crippen molar-refractivity contribution >= 4 is 11.6 Å². The summed E-state index contributed by atoms with van der Waals surface area (Å²) in [4.78, 5) is 14.0. The predicted octanol–water partition coefficient (Wildman–Crippen LogP) is 2.40. The van der Waals surface area contributed by atoms with Crippen molar-refractivity contribution in [1.29, 1.82) is 0 Å². The van der Waals surface area contributed by atoms with Gasteiger partial charge in [0.15, 0.2) is 0 Å². The van der Waals surface area contributed by atoms with Gasteiger partial charge in [-0.05, 0) is 30.5 Å². The van der Waals surface area contributed by atoms with Crippen LogP contribution in [0.25, 0.3) is 0 Å². The van der Waals surface area contributed by atoms with Gasteiger partial charge in [0.2, 0.25) is 0 Å². The standard InChI is InChI=1S/C14H22N2O2/c1-10(2)7-8-16(3)14(17)12-9-11(15)5-6-13(12)18-4/h5-6,9-10H,7-8,15H2,1-4H3. The topological polar surface area (TPSA) is 55.6 Å². The van der Waals surface area contributed by atoms with Crippen LogP contribution in [0.4, 0.5) is 5.69 Å². The Morgan fingerprint density at radius 1 is 1.44 bits per heavy atom. The molecule has 0 aliphatic rings. The molecule has 0 spiro atoms. The van der Waals surface area contributed by atoms with Gasteiger partial charge in [0.1, 0.15) is 5.75 Å². The highest BCUT2D eigenvalue weighted by atomic mass is 16.5. The van der Waals surface area contributed by atoms with Crippen LogP contribution >= 0.6 is 0 Å². The molecule has 0 aliphatic carbocycles. The van der Waals surface area contributed by atoms with Crippen LogP contribution in [-0.4, -0.2) is 31.5 Å². The predicted molar refractivity (Wildman–Crippen MR) is 73.8 cm³/mol. The first-order valence-corrected chi connectivity index (χ1v) is 6.14. The van der Waals surface area contributed by atoms with E-state index in [2.05, 4.69) is 13.8 Å². The number of ether oxygens (including phenoxy) is 1. The summed E-state index contributed by atoms with van der Waals surface area (Å²) < 4.78 is 5.19. The molecule has 4 heteroatoms. The monoisotopic (exact) mass is 250 g/mol. The largest absolute Gasteiger partial charge is 0.496 e. The minimum Gasteiger partial charge on any atom is -0.496 e. The second-order valence-corrected chi connectivity index (χ2v) is 4.87. The van der Waals surface area contributed by atoms with Crippen molar-refractivity contribution in [3.63, 3.8) is 0 Å². The van der Waals surface area contributed by atoms with Crippen LogP contribution in [0.3, 0.4) is 0 Å². The molecule has 0 aliphatic heterocycles. The molecule has 100 valence electrons. The number of amides is 1. The van der Waals surface area contributed by atoms with Gasteiger partial charge in [-0.25, -0.2) is 0 Å². The zero-order chi connectivity index (χ0) is 13.7. The van der Waals surface area contributed by atoms with Gasteiger partial charge in [-0.2, -0.15) is 0 Å². The summed E-state index contributed by atoms with van der Waals surface area (Å²) in [6.45, 7) is 5.01. The van der Waals surface area contributed by atoms with Gasteiger partial charge in [0.25, 0.3) is 5.91 Å². The smallest absolute Gasteiger partial charge is 0.257 e. The SMILES string of the molecule is COc1ccc(N)cc1C(=O)N(C)CCC(C)C. The third kappa shape index (κ3) is 3.65. The molecule has 1 rings (SSSR count). The van der Waals surface area contributed by atoms with Crippen molar-refractivity contribution in [1.82, 2.24) is 4.90 Å². The fourth-order valence-corrected chi connectivity index (χ4v) is 1.65. The molecule has 1 aromatic carbocycles. The van der Waals surface area contributed by atoms with Crippen molar-refractivity contribution in [2.45, 2.75) is 20.3 Å². The van der Waals surface area contributed by atoms with E-state index in [-0.39, 0.29) is 5.91 Å². The molecule has 0 aromatic heterocycles. The Balaban J connectivity index is 2.85. The number of benzene rings is 1. The van der Waals surface area contributed by atoms with Crippen molar-refractivity contribution in [3.8, 4) is 5.75 Å². The van der Waals surface area contributed by atoms with Crippen molar-refractivity contribution < 1.29 is 9.53 Å². The molecule has 0 fully saturated rings. The Labute approximate surface area is 109 Å². The maximum absolute atomic E-state index is 12.3. The number of methoxy groups -OCH3 is 1. The highest BCUT2D eigenvalue weighted by Crippen LogP contribution is 2.22. The van der Waals surface area contributed by atoms with E-state index in [0.717, 1.165) is 13.0 Å². The number of hydrogen-bond acceptors (Lipinski definition) is 3. The molecule has 0 saturated carbocycles. The van der Waals surface area contributed by atoms with E-state index in [0.29, 0.717) is 22.9 Å². The third-order valence-corrected chi connectivity index (χ3v) is 2.84. The number of nitrogens with zero attached hydrogens (tertiary/aromatic N) is 1. The quantitative estimate of drug-likeness (QED) is 0.816. The fraction of sp³-hybridized carbons (Fsp3) is 0.500. The molecular weight excluding hydrogens is 228 g/mol. The van der Waals surface area contributed by atoms with Crippen LogP contribution in [0.5, 0.6) is 5.75 Å². The van der Waals surface area contributed by atoms with Gasteiger partial charge in [0, 0.05) is 19.3 Å². The first-order chi connectivity index (χ1) is 8.45. The van der Waals surface area contributed by atoms with E-state index >= 15 is 0 Å². The maximum Gasteiger partial charge on any atom is 0.257 e. The lowest BCUT2D eigenvalue weighted by Crippen LogP contribution is -2.28. The van der Waals surface area contributed by atoms with Gasteiger partial charge >= 0.3 is 0 Å². The molecule has 0 atom stereocenters. The summed E-state index contributed by atoms with van der Waals surface area (Å²) in [5.74, 6) is 1.08. The van der Waals surface area contributed by atoms with Crippen molar-refractivity contribution in [3.05, 3.63) is 23.8 Å².